The molecule has 0 radical (unpaired) electrons. The fourth-order valence-electron chi connectivity index (χ4n) is 1.56. The van der Waals surface area contributed by atoms with Gasteiger partial charge in [0, 0.05) is 31.7 Å². The van der Waals surface area contributed by atoms with Crippen LogP contribution in [0.5, 0.6) is 5.88 Å². The lowest BCUT2D eigenvalue weighted by Gasteiger charge is -2.17. The molecule has 0 atom stereocenters. The fourth-order valence-corrected chi connectivity index (χ4v) is 1.56. The van der Waals surface area contributed by atoms with Crippen LogP contribution >= 0.6 is 0 Å². The fraction of sp³-hybridized carbons (Fsp3) is 0.615. The molecule has 0 unspecified atom stereocenters. The van der Waals surface area contributed by atoms with Crippen LogP contribution in [-0.2, 0) is 6.54 Å². The van der Waals surface area contributed by atoms with E-state index in [4.69, 9.17) is 4.74 Å². The molecule has 1 aromatic heterocycles. The second-order valence-electron chi connectivity index (χ2n) is 4.52. The summed E-state index contributed by atoms with van der Waals surface area (Å²) in [5, 5.41) is 3.40. The van der Waals surface area contributed by atoms with Gasteiger partial charge in [0.2, 0.25) is 5.88 Å². The van der Waals surface area contributed by atoms with Crippen molar-refractivity contribution < 1.29 is 4.74 Å². The molecule has 0 aromatic carbocycles. The summed E-state index contributed by atoms with van der Waals surface area (Å²) in [6.07, 6.45) is 0. The lowest BCUT2D eigenvalue weighted by Crippen LogP contribution is -2.32. The lowest BCUT2D eigenvalue weighted by atomic mass is 10.3. The summed E-state index contributed by atoms with van der Waals surface area (Å²) in [6, 6.07) is 6.40. The molecule has 0 fully saturated rings. The van der Waals surface area contributed by atoms with Crippen molar-refractivity contribution in [2.45, 2.75) is 26.4 Å². The quantitative estimate of drug-likeness (QED) is 0.780. The van der Waals surface area contributed by atoms with E-state index in [2.05, 4.69) is 36.1 Å². The van der Waals surface area contributed by atoms with Crippen molar-refractivity contribution in [3.8, 4) is 5.88 Å². The molecule has 96 valence electrons. The first kappa shape index (κ1) is 13.9. The number of rotatable bonds is 7. The monoisotopic (exact) mass is 237 g/mol. The van der Waals surface area contributed by atoms with Gasteiger partial charge in [0.25, 0.3) is 0 Å². The first-order valence-electron chi connectivity index (χ1n) is 6.03. The zero-order valence-corrected chi connectivity index (χ0v) is 11.2. The molecular formula is C13H23N3O. The average Bonchev–Trinajstić information content (AvgIpc) is 2.28. The highest BCUT2D eigenvalue weighted by Gasteiger charge is 2.03. The Hall–Kier alpha value is -1.13. The Balaban J connectivity index is 2.36. The van der Waals surface area contributed by atoms with Crippen LogP contribution in [0.3, 0.4) is 0 Å². The molecule has 1 aromatic rings. The van der Waals surface area contributed by atoms with Gasteiger partial charge in [-0.3, -0.25) is 4.90 Å². The van der Waals surface area contributed by atoms with Crippen molar-refractivity contribution in [1.82, 2.24) is 15.2 Å². The standard InChI is InChI=1S/C13H23N3O/c1-11(2)14-8-9-16(3)10-12-6-5-7-13(15-12)17-4/h5-7,11,14H,8-10H2,1-4H3. The summed E-state index contributed by atoms with van der Waals surface area (Å²) in [6.45, 7) is 7.17. The Bertz CT molecular complexity index is 328. The number of likely N-dealkylation sites (N-methyl/N-ethyl adjacent to an activating group) is 1. The van der Waals surface area contributed by atoms with Crippen molar-refractivity contribution in [2.75, 3.05) is 27.2 Å². The molecule has 0 aliphatic rings. The van der Waals surface area contributed by atoms with Gasteiger partial charge in [-0.25, -0.2) is 4.98 Å². The minimum absolute atomic E-state index is 0.540. The van der Waals surface area contributed by atoms with Crippen LogP contribution in [0.25, 0.3) is 0 Å². The van der Waals surface area contributed by atoms with Gasteiger partial charge in [0.05, 0.1) is 12.8 Å². The van der Waals surface area contributed by atoms with Crippen LogP contribution in [-0.4, -0.2) is 43.2 Å². The van der Waals surface area contributed by atoms with Gasteiger partial charge < -0.3 is 10.1 Å². The zero-order valence-electron chi connectivity index (χ0n) is 11.2. The SMILES string of the molecule is COc1cccc(CN(C)CCNC(C)C)n1. The molecule has 4 nitrogen and oxygen atoms in total. The minimum atomic E-state index is 0.540. The minimum Gasteiger partial charge on any atom is -0.481 e. The Labute approximate surface area is 104 Å². The molecule has 0 aliphatic heterocycles. The predicted octanol–water partition coefficient (Wildman–Crippen LogP) is 1.52. The molecule has 0 aliphatic carbocycles. The van der Waals surface area contributed by atoms with Crippen LogP contribution in [0.4, 0.5) is 0 Å². The number of nitrogens with one attached hydrogen (secondary N) is 1. The van der Waals surface area contributed by atoms with Crippen molar-refractivity contribution in [2.24, 2.45) is 0 Å². The highest BCUT2D eigenvalue weighted by atomic mass is 16.5. The first-order valence-corrected chi connectivity index (χ1v) is 6.03. The smallest absolute Gasteiger partial charge is 0.213 e. The van der Waals surface area contributed by atoms with Gasteiger partial charge in [-0.15, -0.1) is 0 Å². The molecule has 0 spiro atoms. The van der Waals surface area contributed by atoms with Gasteiger partial charge in [0.15, 0.2) is 0 Å². The topological polar surface area (TPSA) is 37.4 Å². The van der Waals surface area contributed by atoms with E-state index in [0.717, 1.165) is 25.3 Å². The molecular weight excluding hydrogens is 214 g/mol. The van der Waals surface area contributed by atoms with Gasteiger partial charge in [-0.2, -0.15) is 0 Å². The molecule has 0 bridgehead atoms. The van der Waals surface area contributed by atoms with E-state index >= 15 is 0 Å². The van der Waals surface area contributed by atoms with Crippen molar-refractivity contribution in [1.29, 1.82) is 0 Å². The van der Waals surface area contributed by atoms with E-state index in [-0.39, 0.29) is 0 Å². The summed E-state index contributed by atoms with van der Waals surface area (Å²) in [5.74, 6) is 0.677. The van der Waals surface area contributed by atoms with Gasteiger partial charge in [-0.05, 0) is 13.1 Å². The summed E-state index contributed by atoms with van der Waals surface area (Å²) < 4.78 is 5.11. The normalized spacial score (nSPS) is 11.2. The Kier molecular flexibility index (Phi) is 5.94. The molecule has 0 saturated carbocycles. The number of aromatic nitrogens is 1. The van der Waals surface area contributed by atoms with Crippen molar-refractivity contribution in [3.05, 3.63) is 23.9 Å². The molecule has 0 amide bonds. The highest BCUT2D eigenvalue weighted by Crippen LogP contribution is 2.07. The van der Waals surface area contributed by atoms with Crippen LogP contribution in [0, 0.1) is 0 Å². The number of ether oxygens (including phenoxy) is 1. The average molecular weight is 237 g/mol. The van der Waals surface area contributed by atoms with Crippen LogP contribution < -0.4 is 10.1 Å². The van der Waals surface area contributed by atoms with Gasteiger partial charge >= 0.3 is 0 Å². The molecule has 1 heterocycles. The number of pyridine rings is 1. The van der Waals surface area contributed by atoms with Crippen molar-refractivity contribution >= 4 is 0 Å². The molecule has 17 heavy (non-hydrogen) atoms. The Morgan fingerprint density at radius 3 is 2.82 bits per heavy atom. The zero-order chi connectivity index (χ0) is 12.7. The maximum atomic E-state index is 5.11. The second-order valence-corrected chi connectivity index (χ2v) is 4.52. The second kappa shape index (κ2) is 7.25. The highest BCUT2D eigenvalue weighted by molar-refractivity contribution is 5.15. The van der Waals surface area contributed by atoms with E-state index in [1.165, 1.54) is 0 Å². The molecule has 4 heteroatoms. The summed E-state index contributed by atoms with van der Waals surface area (Å²) in [5.41, 5.74) is 1.04. The maximum Gasteiger partial charge on any atom is 0.213 e. The summed E-state index contributed by atoms with van der Waals surface area (Å²) in [7, 11) is 3.74. The third kappa shape index (κ3) is 5.65. The van der Waals surface area contributed by atoms with E-state index < -0.39 is 0 Å². The number of hydrogen-bond donors (Lipinski definition) is 1. The maximum absolute atomic E-state index is 5.11. The Morgan fingerprint density at radius 1 is 1.41 bits per heavy atom. The largest absolute Gasteiger partial charge is 0.481 e. The lowest BCUT2D eigenvalue weighted by molar-refractivity contribution is 0.313. The number of hydrogen-bond acceptors (Lipinski definition) is 4. The van der Waals surface area contributed by atoms with E-state index in [9.17, 15) is 0 Å². The van der Waals surface area contributed by atoms with Crippen LogP contribution in [0.2, 0.25) is 0 Å². The summed E-state index contributed by atoms with van der Waals surface area (Å²) >= 11 is 0. The Morgan fingerprint density at radius 2 is 2.18 bits per heavy atom. The number of methoxy groups -OCH3 is 1. The molecule has 0 saturated heterocycles. The van der Waals surface area contributed by atoms with E-state index in [0.29, 0.717) is 11.9 Å². The third-order valence-electron chi connectivity index (χ3n) is 2.47. The number of nitrogens with zero attached hydrogens (tertiary/aromatic N) is 2. The first-order chi connectivity index (χ1) is 8.11. The van der Waals surface area contributed by atoms with E-state index in [1.54, 1.807) is 7.11 Å². The van der Waals surface area contributed by atoms with Crippen molar-refractivity contribution in [3.63, 3.8) is 0 Å². The van der Waals surface area contributed by atoms with Gasteiger partial charge in [-0.1, -0.05) is 19.9 Å². The summed E-state index contributed by atoms with van der Waals surface area (Å²) in [4.78, 5) is 6.64. The molecule has 1 rings (SSSR count). The van der Waals surface area contributed by atoms with E-state index in [1.807, 2.05) is 18.2 Å². The van der Waals surface area contributed by atoms with Crippen LogP contribution in [0.1, 0.15) is 19.5 Å². The molecule has 1 N–H and O–H groups in total. The van der Waals surface area contributed by atoms with Gasteiger partial charge in [0.1, 0.15) is 0 Å². The third-order valence-corrected chi connectivity index (χ3v) is 2.47. The van der Waals surface area contributed by atoms with Crippen LogP contribution in [0.15, 0.2) is 18.2 Å². The predicted molar refractivity (Wildman–Crippen MR) is 70.3 cm³/mol.